The SMILES string of the molecule is O=[N+]([O-])C1[C@@H](O)[C@@H](O)C([N+](=O)[O-])[C@@H](O)[C@H]1O. The molecule has 0 amide bonds. The highest BCUT2D eigenvalue weighted by Gasteiger charge is 2.60. The van der Waals surface area contributed by atoms with E-state index in [1.807, 2.05) is 0 Å². The van der Waals surface area contributed by atoms with Crippen LogP contribution in [0, 0.1) is 20.2 Å². The molecule has 1 aliphatic rings. The van der Waals surface area contributed by atoms with Crippen LogP contribution >= 0.6 is 0 Å². The Morgan fingerprint density at radius 3 is 1.00 bits per heavy atom. The Kier molecular flexibility index (Phi) is 3.38. The summed E-state index contributed by atoms with van der Waals surface area (Å²) in [5.74, 6) is 0. The van der Waals surface area contributed by atoms with E-state index < -0.39 is 46.3 Å². The lowest BCUT2D eigenvalue weighted by Crippen LogP contribution is -2.67. The number of nitro groups is 2. The number of aliphatic hydroxyl groups excluding tert-OH is 4. The second kappa shape index (κ2) is 4.25. The normalized spacial score (nSPS) is 44.0. The average molecular weight is 238 g/mol. The molecule has 0 heterocycles. The van der Waals surface area contributed by atoms with Crippen LogP contribution in [0.1, 0.15) is 0 Å². The molecule has 1 rings (SSSR count). The lowest BCUT2D eigenvalue weighted by molar-refractivity contribution is -0.595. The first-order chi connectivity index (χ1) is 7.29. The summed E-state index contributed by atoms with van der Waals surface area (Å²) in [4.78, 5) is 18.7. The molecule has 92 valence electrons. The van der Waals surface area contributed by atoms with Crippen molar-refractivity contribution in [3.05, 3.63) is 20.2 Å². The van der Waals surface area contributed by atoms with Gasteiger partial charge in [-0.3, -0.25) is 20.2 Å². The van der Waals surface area contributed by atoms with Crippen LogP contribution in [-0.2, 0) is 0 Å². The van der Waals surface area contributed by atoms with Gasteiger partial charge in [0.15, 0.2) is 24.4 Å². The molecule has 1 saturated carbocycles. The number of rotatable bonds is 2. The van der Waals surface area contributed by atoms with Crippen LogP contribution in [0.25, 0.3) is 0 Å². The lowest BCUT2D eigenvalue weighted by Gasteiger charge is -2.35. The van der Waals surface area contributed by atoms with Crippen molar-refractivity contribution in [3.8, 4) is 0 Å². The van der Waals surface area contributed by atoms with E-state index in [1.165, 1.54) is 0 Å². The third kappa shape index (κ3) is 1.82. The largest absolute Gasteiger partial charge is 0.383 e. The highest BCUT2D eigenvalue weighted by molar-refractivity contribution is 4.99. The zero-order chi connectivity index (χ0) is 12.6. The fourth-order valence-corrected chi connectivity index (χ4v) is 1.71. The summed E-state index contributed by atoms with van der Waals surface area (Å²) >= 11 is 0. The maximum Gasteiger partial charge on any atom is 0.269 e. The summed E-state index contributed by atoms with van der Waals surface area (Å²) in [6.45, 7) is 0. The highest BCUT2D eigenvalue weighted by Crippen LogP contribution is 2.24. The van der Waals surface area contributed by atoms with Crippen LogP contribution in [-0.4, -0.2) is 66.8 Å². The summed E-state index contributed by atoms with van der Waals surface area (Å²) in [6, 6.07) is -4.11. The topological polar surface area (TPSA) is 167 Å². The molecule has 10 heteroatoms. The van der Waals surface area contributed by atoms with Gasteiger partial charge >= 0.3 is 0 Å². The van der Waals surface area contributed by atoms with Crippen LogP contribution in [0.3, 0.4) is 0 Å². The molecule has 0 spiro atoms. The molecule has 0 radical (unpaired) electrons. The summed E-state index contributed by atoms with van der Waals surface area (Å²) in [5.41, 5.74) is 0. The highest BCUT2D eigenvalue weighted by atomic mass is 16.6. The number of hydrogen-bond donors (Lipinski definition) is 4. The molecule has 0 aliphatic heterocycles. The zero-order valence-electron chi connectivity index (χ0n) is 7.78. The standard InChI is InChI=1S/C6H10N2O8/c9-3-1(7(13)14)4(10)6(12)2(5(3)11)8(15)16/h1-6,9-12H/t1?,2?,3-,4+,5+,6-. The van der Waals surface area contributed by atoms with Gasteiger partial charge in [0, 0.05) is 9.85 Å². The van der Waals surface area contributed by atoms with Crippen LogP contribution < -0.4 is 0 Å². The van der Waals surface area contributed by atoms with Crippen molar-refractivity contribution >= 4 is 0 Å². The monoisotopic (exact) mass is 238 g/mol. The molecule has 0 bridgehead atoms. The van der Waals surface area contributed by atoms with Gasteiger partial charge in [-0.1, -0.05) is 0 Å². The number of aliphatic hydroxyl groups is 4. The van der Waals surface area contributed by atoms with E-state index in [4.69, 9.17) is 0 Å². The van der Waals surface area contributed by atoms with Gasteiger partial charge < -0.3 is 20.4 Å². The van der Waals surface area contributed by atoms with Gasteiger partial charge in [0.05, 0.1) is 0 Å². The molecule has 16 heavy (non-hydrogen) atoms. The molecule has 6 atom stereocenters. The van der Waals surface area contributed by atoms with Gasteiger partial charge in [0.1, 0.15) is 0 Å². The quantitative estimate of drug-likeness (QED) is 0.287. The van der Waals surface area contributed by atoms with Crippen molar-refractivity contribution in [1.29, 1.82) is 0 Å². The first-order valence-electron chi connectivity index (χ1n) is 4.28. The van der Waals surface area contributed by atoms with Crippen molar-refractivity contribution in [2.24, 2.45) is 0 Å². The van der Waals surface area contributed by atoms with Gasteiger partial charge in [0.2, 0.25) is 0 Å². The summed E-state index contributed by atoms with van der Waals surface area (Å²) < 4.78 is 0. The Bertz CT molecular complexity index is 263. The van der Waals surface area contributed by atoms with Gasteiger partial charge in [0.25, 0.3) is 12.1 Å². The molecule has 0 aromatic rings. The minimum Gasteiger partial charge on any atom is -0.383 e. The molecule has 0 aromatic carbocycles. The van der Waals surface area contributed by atoms with E-state index in [1.54, 1.807) is 0 Å². The van der Waals surface area contributed by atoms with E-state index >= 15 is 0 Å². The van der Waals surface area contributed by atoms with E-state index in [9.17, 15) is 40.7 Å². The molecule has 10 nitrogen and oxygen atoms in total. The van der Waals surface area contributed by atoms with E-state index in [-0.39, 0.29) is 0 Å². The number of nitrogens with zero attached hydrogens (tertiary/aromatic N) is 2. The minimum atomic E-state index is -2.11. The van der Waals surface area contributed by atoms with Crippen LogP contribution in [0.2, 0.25) is 0 Å². The predicted molar refractivity (Wildman–Crippen MR) is 45.6 cm³/mol. The maximum absolute atomic E-state index is 10.4. The molecule has 1 aliphatic carbocycles. The molecule has 2 unspecified atom stereocenters. The van der Waals surface area contributed by atoms with Crippen molar-refractivity contribution < 1.29 is 30.3 Å². The summed E-state index contributed by atoms with van der Waals surface area (Å²) in [7, 11) is 0. The molecule has 0 saturated heterocycles. The predicted octanol–water partition coefficient (Wildman–Crippen LogP) is -3.27. The first-order valence-corrected chi connectivity index (χ1v) is 4.28. The Balaban J connectivity index is 3.03. The maximum atomic E-state index is 10.4. The van der Waals surface area contributed by atoms with Crippen molar-refractivity contribution in [2.75, 3.05) is 0 Å². The molecule has 4 N–H and O–H groups in total. The van der Waals surface area contributed by atoms with E-state index in [0.717, 1.165) is 0 Å². The zero-order valence-corrected chi connectivity index (χ0v) is 7.78. The molecular formula is C6H10N2O8. The fraction of sp³-hybridized carbons (Fsp3) is 1.00. The van der Waals surface area contributed by atoms with Crippen molar-refractivity contribution in [3.63, 3.8) is 0 Å². The summed E-state index contributed by atoms with van der Waals surface area (Å²) in [5, 5.41) is 57.9. The first kappa shape index (κ1) is 12.7. The van der Waals surface area contributed by atoms with Crippen LogP contribution in [0.15, 0.2) is 0 Å². The Hall–Kier alpha value is -1.36. The van der Waals surface area contributed by atoms with Gasteiger partial charge in [-0.15, -0.1) is 0 Å². The van der Waals surface area contributed by atoms with Crippen LogP contribution in [0.5, 0.6) is 0 Å². The number of hydrogen-bond acceptors (Lipinski definition) is 8. The molecule has 1 fully saturated rings. The van der Waals surface area contributed by atoms with Gasteiger partial charge in [-0.2, -0.15) is 0 Å². The fourth-order valence-electron chi connectivity index (χ4n) is 1.71. The third-order valence-corrected chi connectivity index (χ3v) is 2.59. The third-order valence-electron chi connectivity index (χ3n) is 2.59. The minimum absolute atomic E-state index is 1.10. The Labute approximate surface area is 88.0 Å². The second-order valence-corrected chi connectivity index (χ2v) is 3.51. The molecule has 0 aromatic heterocycles. The van der Waals surface area contributed by atoms with E-state index in [0.29, 0.717) is 0 Å². The average Bonchev–Trinajstić information content (AvgIpc) is 2.14. The second-order valence-electron chi connectivity index (χ2n) is 3.51. The van der Waals surface area contributed by atoms with Gasteiger partial charge in [-0.05, 0) is 0 Å². The molecular weight excluding hydrogens is 228 g/mol. The Morgan fingerprint density at radius 2 is 0.875 bits per heavy atom. The summed E-state index contributed by atoms with van der Waals surface area (Å²) in [6.07, 6.45) is -8.43. The smallest absolute Gasteiger partial charge is 0.269 e. The lowest BCUT2D eigenvalue weighted by atomic mass is 9.82. The van der Waals surface area contributed by atoms with E-state index in [2.05, 4.69) is 0 Å². The van der Waals surface area contributed by atoms with Crippen molar-refractivity contribution in [2.45, 2.75) is 36.5 Å². The Morgan fingerprint density at radius 1 is 0.688 bits per heavy atom. The van der Waals surface area contributed by atoms with Crippen LogP contribution in [0.4, 0.5) is 0 Å². The van der Waals surface area contributed by atoms with Crippen molar-refractivity contribution in [1.82, 2.24) is 0 Å². The van der Waals surface area contributed by atoms with Gasteiger partial charge in [-0.25, -0.2) is 0 Å².